The van der Waals surface area contributed by atoms with Crippen LogP contribution in [0, 0.1) is 0 Å². The molecule has 11 heterocycles. The smallest absolute Gasteiger partial charge is 0.266 e. The molecular formula is C86H89Br4ClN18O14S8. The third-order valence-corrected chi connectivity index (χ3v) is 31.0. The number of likely N-dealkylation sites (N-methyl/N-ethyl adjacent to an activating group) is 1. The molecule has 1 unspecified atom stereocenters. The number of alkyl halides is 1. The molecule has 5 aromatic carbocycles. The first kappa shape index (κ1) is 105. The van der Waals surface area contributed by atoms with Crippen molar-refractivity contribution >= 4 is 235 Å². The number of pyridine rings is 5. The lowest BCUT2D eigenvalue weighted by atomic mass is 10.2. The summed E-state index contributed by atoms with van der Waals surface area (Å²) in [5.41, 5.74) is 5.89. The van der Waals surface area contributed by atoms with Crippen LogP contribution in [0.5, 0.6) is 0 Å². The van der Waals surface area contributed by atoms with Crippen molar-refractivity contribution in [3.8, 4) is 0 Å². The van der Waals surface area contributed by atoms with Crippen LogP contribution < -0.4 is 38.0 Å². The zero-order valence-corrected chi connectivity index (χ0v) is 85.3. The Morgan fingerprint density at radius 2 is 0.855 bits per heavy atom. The molecule has 0 spiro atoms. The number of nitrogens with zero attached hydrogens (tertiary/aromatic N) is 15. The fourth-order valence-corrected chi connectivity index (χ4v) is 20.5. The quantitative estimate of drug-likeness (QED) is 0.0322. The highest BCUT2D eigenvalue weighted by Gasteiger charge is 2.24. The SMILES string of the molecule is CCS(=O)(=O)c1ccccc1Cn1c(=O)c(Br)cc2cnc(Nc3ccc(N4CCN(C)CC4)cc3)nc21.CCS(=O)(=O)c1ccccc1Cn1c(=O)c(Br)cc2cnc(S(C)=O)nc21.CCS(=O)(=O)c1ccccc1Cn1c(=O)c(Br)cc2cnc(SC)nc21.CCSc1ccccc1CCl.CSc1ncc2cc(Br)c(=O)[nH]c2n1.CSc1ncc2ccc(=O)[nH]c2n1.O.O. The molecule has 16 rings (SSSR count). The molecule has 0 radical (unpaired) electrons. The summed E-state index contributed by atoms with van der Waals surface area (Å²) in [7, 11) is -9.60. The number of hydrogen-bond donors (Lipinski definition) is 3. The van der Waals surface area contributed by atoms with Gasteiger partial charge < -0.3 is 36.0 Å². The summed E-state index contributed by atoms with van der Waals surface area (Å²) in [6.45, 7) is 11.2. The van der Waals surface area contributed by atoms with Gasteiger partial charge in [0.25, 0.3) is 22.2 Å². The Morgan fingerprint density at radius 3 is 1.31 bits per heavy atom. The summed E-state index contributed by atoms with van der Waals surface area (Å²) in [4.78, 5) is 115. The second kappa shape index (κ2) is 48.5. The minimum atomic E-state index is -3.47. The highest BCUT2D eigenvalue weighted by atomic mass is 79.9. The number of fused-ring (bicyclic) bond motifs is 5. The van der Waals surface area contributed by atoms with Crippen LogP contribution >= 0.6 is 122 Å². The van der Waals surface area contributed by atoms with E-state index in [2.05, 4.69) is 177 Å². The number of sulfone groups is 3. The van der Waals surface area contributed by atoms with Crippen LogP contribution in [0.4, 0.5) is 17.3 Å². The van der Waals surface area contributed by atoms with Gasteiger partial charge in [-0.2, -0.15) is 4.98 Å². The maximum atomic E-state index is 13.2. The van der Waals surface area contributed by atoms with E-state index in [1.54, 1.807) is 143 Å². The van der Waals surface area contributed by atoms with E-state index >= 15 is 0 Å². The summed E-state index contributed by atoms with van der Waals surface area (Å²) < 4.78 is 92.6. The van der Waals surface area contributed by atoms with Gasteiger partial charge in [-0.15, -0.1) is 23.4 Å². The summed E-state index contributed by atoms with van der Waals surface area (Å²) >= 11 is 24.8. The zero-order valence-electron chi connectivity index (χ0n) is 71.6. The van der Waals surface area contributed by atoms with Gasteiger partial charge in [-0.1, -0.05) is 136 Å². The van der Waals surface area contributed by atoms with Crippen LogP contribution in [0.15, 0.2) is 271 Å². The first-order valence-electron chi connectivity index (χ1n) is 39.3. The molecule has 0 amide bonds. The molecule has 1 atom stereocenters. The molecule has 0 bridgehead atoms. The number of anilines is 3. The number of piperazine rings is 1. The van der Waals surface area contributed by atoms with E-state index in [1.165, 1.54) is 89.7 Å². The Labute approximate surface area is 811 Å². The van der Waals surface area contributed by atoms with Crippen molar-refractivity contribution in [3.05, 3.63) is 281 Å². The van der Waals surface area contributed by atoms with Gasteiger partial charge in [0, 0.05) is 119 Å². The second-order valence-corrected chi connectivity index (χ2v) is 43.2. The van der Waals surface area contributed by atoms with Gasteiger partial charge >= 0.3 is 0 Å². The number of thioether (sulfide) groups is 4. The van der Waals surface area contributed by atoms with E-state index in [0.29, 0.717) is 106 Å². The Kier molecular flexibility index (Phi) is 39.0. The van der Waals surface area contributed by atoms with Crippen molar-refractivity contribution in [1.82, 2.24) is 78.4 Å². The topological polar surface area (TPSA) is 462 Å². The van der Waals surface area contributed by atoms with Crippen molar-refractivity contribution in [3.63, 3.8) is 0 Å². The van der Waals surface area contributed by atoms with Gasteiger partial charge in [-0.3, -0.25) is 41.9 Å². The average Bonchev–Trinajstić information content (AvgIpc) is 0.779. The summed E-state index contributed by atoms with van der Waals surface area (Å²) in [5, 5.41) is 8.78. The van der Waals surface area contributed by atoms with E-state index in [-0.39, 0.29) is 95.5 Å². The molecule has 10 aromatic heterocycles. The Morgan fingerprint density at radius 1 is 0.458 bits per heavy atom. The molecule has 690 valence electrons. The summed E-state index contributed by atoms with van der Waals surface area (Å²) in [6.07, 6.45) is 15.3. The van der Waals surface area contributed by atoms with E-state index in [4.69, 9.17) is 11.6 Å². The fourth-order valence-electron chi connectivity index (χ4n) is 12.8. The first-order chi connectivity index (χ1) is 61.7. The lowest BCUT2D eigenvalue weighted by Gasteiger charge is -2.34. The summed E-state index contributed by atoms with van der Waals surface area (Å²) in [5.74, 6) is 1.99. The molecule has 32 nitrogen and oxygen atoms in total. The van der Waals surface area contributed by atoms with Crippen LogP contribution in [0.25, 0.3) is 55.2 Å². The van der Waals surface area contributed by atoms with Crippen LogP contribution in [0.3, 0.4) is 0 Å². The number of benzene rings is 5. The molecular weight excluding hydrogens is 2120 g/mol. The van der Waals surface area contributed by atoms with Gasteiger partial charge in [-0.25, -0.2) is 70.1 Å². The summed E-state index contributed by atoms with van der Waals surface area (Å²) in [6, 6.07) is 46.3. The number of hydrogen-bond acceptors (Lipinski definition) is 29. The molecule has 1 aliphatic heterocycles. The van der Waals surface area contributed by atoms with Gasteiger partial charge in [0.1, 0.15) is 28.2 Å². The third kappa shape index (κ3) is 27.0. The van der Waals surface area contributed by atoms with Crippen molar-refractivity contribution in [1.29, 1.82) is 0 Å². The predicted octanol–water partition coefficient (Wildman–Crippen LogP) is 13.9. The number of nitrogens with one attached hydrogen (secondary N) is 3. The van der Waals surface area contributed by atoms with Crippen LogP contribution in [0.2, 0.25) is 0 Å². The molecule has 1 saturated heterocycles. The van der Waals surface area contributed by atoms with Gasteiger partial charge in [0.15, 0.2) is 45.0 Å². The zero-order chi connectivity index (χ0) is 93.0. The highest BCUT2D eigenvalue weighted by Crippen LogP contribution is 2.30. The normalized spacial score (nSPS) is 12.3. The van der Waals surface area contributed by atoms with Gasteiger partial charge in [0.05, 0.1) is 80.3 Å². The lowest BCUT2D eigenvalue weighted by molar-refractivity contribution is 0.313. The Bertz CT molecular complexity index is 7360. The molecule has 7 N–H and O–H groups in total. The maximum Gasteiger partial charge on any atom is 0.266 e. The van der Waals surface area contributed by atoms with Crippen molar-refractivity contribution in [2.24, 2.45) is 0 Å². The molecule has 0 aliphatic carbocycles. The molecule has 15 aromatic rings. The van der Waals surface area contributed by atoms with E-state index in [1.807, 2.05) is 54.8 Å². The fraction of sp³-hybridized carbons (Fsp3) is 0.244. The van der Waals surface area contributed by atoms with Crippen molar-refractivity contribution in [2.45, 2.75) is 93.4 Å². The largest absolute Gasteiger partial charge is 0.412 e. The molecule has 131 heavy (non-hydrogen) atoms. The number of aromatic nitrogens is 15. The highest BCUT2D eigenvalue weighted by molar-refractivity contribution is 9.11. The van der Waals surface area contributed by atoms with Crippen molar-refractivity contribution in [2.75, 3.05) is 91.5 Å². The Balaban J connectivity index is 0.000000186. The number of rotatable bonds is 22. The van der Waals surface area contributed by atoms with Crippen LogP contribution in [-0.2, 0) is 65.8 Å². The van der Waals surface area contributed by atoms with Crippen molar-refractivity contribution < 1.29 is 40.4 Å². The number of halogens is 5. The average molecular weight is 2210 g/mol. The second-order valence-electron chi connectivity index (χ2n) is 27.9. The van der Waals surface area contributed by atoms with E-state index in [0.717, 1.165) is 48.4 Å². The van der Waals surface area contributed by atoms with Crippen LogP contribution in [0.1, 0.15) is 49.9 Å². The van der Waals surface area contributed by atoms with E-state index < -0.39 is 40.3 Å². The Hall–Kier alpha value is -9.36. The third-order valence-electron chi connectivity index (χ3n) is 19.5. The lowest BCUT2D eigenvalue weighted by Crippen LogP contribution is -2.44. The number of aromatic amines is 2. The minimum absolute atomic E-state index is 0. The monoisotopic (exact) mass is 2200 g/mol. The van der Waals surface area contributed by atoms with E-state index in [9.17, 15) is 53.4 Å². The molecule has 1 aliphatic rings. The molecule has 0 saturated carbocycles. The molecule has 1 fully saturated rings. The number of H-pyrrole nitrogens is 2. The van der Waals surface area contributed by atoms with Gasteiger partial charge in [-0.05, 0) is 196 Å². The first-order valence-corrected chi connectivity index (χ1v) is 54.2. The van der Waals surface area contributed by atoms with Gasteiger partial charge in [0.2, 0.25) is 16.7 Å². The minimum Gasteiger partial charge on any atom is -0.412 e. The standard InChI is InChI=1S/C27H29BrN6O3S.C17H16BrN3O4S2.C17H16BrN3O3S2.C9H11ClS.C8H6BrN3OS.C8H7N3OS.2H2O/c1-3-38(36,37)24-7-5-4-6-19(24)18-34-25-20(16-23(28)26(34)35)17-29-27(31-25)30-21-8-10-22(11-9-21)33-14-12-32(2)13-15-33;1-3-27(24,25)14-7-5-4-6-11(14)10-21-15-12(8-13(18)16(21)22)9-19-17(20-15)26(2)23;1-3-26(23,24)14-7-5-4-6-11(14)10-21-15-12(8-13(18)16(21)22)9-19-17(20-15)25-2;1-2-11-9-6-4-3-5-8(9)7-10;1-14-8-10-3-4-2-5(9)7(13)11-6(4)12-8;1-13-8-9-4-5-2-3-6(12)10-7(5)11-8;;/h4-11,16-17H,3,12-15,18H2,1-2H3,(H,29,30,31);4-9H,3,10H2,1-2H3;4-9H,3,10H2,1-2H3;3-6H,2,7H2,1H3;2-3H,1H3,(H,10,11,12,13);2-4H,1H3,(H,9,10,11,12);2*1H2. The molecule has 45 heteroatoms. The van der Waals surface area contributed by atoms with Crippen LogP contribution in [-0.4, -0.2) is 200 Å². The maximum absolute atomic E-state index is 13.2. The predicted molar refractivity (Wildman–Crippen MR) is 539 cm³/mol.